The van der Waals surface area contributed by atoms with E-state index in [1.807, 2.05) is 12.1 Å². The third-order valence-corrected chi connectivity index (χ3v) is 2.56. The summed E-state index contributed by atoms with van der Waals surface area (Å²) >= 11 is 6.03. The Kier molecular flexibility index (Phi) is 3.57. The number of halogens is 1. The molecule has 0 saturated heterocycles. The van der Waals surface area contributed by atoms with Gasteiger partial charge in [0.2, 0.25) is 5.88 Å². The van der Waals surface area contributed by atoms with Crippen LogP contribution in [0.1, 0.15) is 19.8 Å². The number of ether oxygens (including phenoxy) is 1. The average Bonchev–Trinajstić information content (AvgIpc) is 2.30. The molecule has 3 nitrogen and oxygen atoms in total. The number of fused-ring (bicyclic) bond motifs is 1. The number of pyridine rings is 2. The fourth-order valence-corrected chi connectivity index (χ4v) is 1.57. The molecular formula is C12H13ClN2O. The Bertz CT molecular complexity index is 487. The largest absolute Gasteiger partial charge is 0.478 e. The zero-order valence-corrected chi connectivity index (χ0v) is 9.87. The van der Waals surface area contributed by atoms with Crippen molar-refractivity contribution in [1.82, 2.24) is 9.97 Å². The molecule has 0 aliphatic heterocycles. The quantitative estimate of drug-likeness (QED) is 0.763. The first-order chi connectivity index (χ1) is 7.81. The van der Waals surface area contributed by atoms with Crippen molar-refractivity contribution in [1.29, 1.82) is 0 Å². The zero-order valence-electron chi connectivity index (χ0n) is 9.11. The minimum absolute atomic E-state index is 0.603. The summed E-state index contributed by atoms with van der Waals surface area (Å²) in [6.45, 7) is 2.81. The van der Waals surface area contributed by atoms with Gasteiger partial charge in [-0.2, -0.15) is 0 Å². The molecule has 0 radical (unpaired) electrons. The minimum Gasteiger partial charge on any atom is -0.478 e. The first kappa shape index (κ1) is 11.1. The molecule has 0 amide bonds. The van der Waals surface area contributed by atoms with Gasteiger partial charge in [-0.15, -0.1) is 0 Å². The second kappa shape index (κ2) is 5.12. The molecule has 0 N–H and O–H groups in total. The van der Waals surface area contributed by atoms with Gasteiger partial charge in [-0.3, -0.25) is 4.98 Å². The molecule has 2 aromatic heterocycles. The molecule has 0 aromatic carbocycles. The molecule has 0 unspecified atom stereocenters. The lowest BCUT2D eigenvalue weighted by Gasteiger charge is -2.05. The number of rotatable bonds is 4. The van der Waals surface area contributed by atoms with Crippen LogP contribution >= 0.6 is 11.6 Å². The van der Waals surface area contributed by atoms with Gasteiger partial charge in [0, 0.05) is 12.3 Å². The van der Waals surface area contributed by atoms with Crippen molar-refractivity contribution in [3.8, 4) is 5.88 Å². The number of hydrogen-bond donors (Lipinski definition) is 0. The van der Waals surface area contributed by atoms with E-state index in [-0.39, 0.29) is 0 Å². The summed E-state index contributed by atoms with van der Waals surface area (Å²) in [6.07, 6.45) is 3.81. The summed E-state index contributed by atoms with van der Waals surface area (Å²) in [7, 11) is 0. The highest BCUT2D eigenvalue weighted by Crippen LogP contribution is 2.21. The Morgan fingerprint density at radius 1 is 1.31 bits per heavy atom. The van der Waals surface area contributed by atoms with Gasteiger partial charge in [0.25, 0.3) is 0 Å². The molecule has 84 valence electrons. The van der Waals surface area contributed by atoms with Crippen LogP contribution in [-0.2, 0) is 0 Å². The smallest absolute Gasteiger partial charge is 0.213 e. The van der Waals surface area contributed by atoms with Crippen LogP contribution in [0.2, 0.25) is 5.02 Å². The minimum atomic E-state index is 0.603. The van der Waals surface area contributed by atoms with Gasteiger partial charge in [0.15, 0.2) is 0 Å². The van der Waals surface area contributed by atoms with Crippen LogP contribution in [0.5, 0.6) is 5.88 Å². The summed E-state index contributed by atoms with van der Waals surface area (Å²) in [6, 6.07) is 5.42. The van der Waals surface area contributed by atoms with Gasteiger partial charge in [0.1, 0.15) is 5.52 Å². The van der Waals surface area contributed by atoms with Gasteiger partial charge < -0.3 is 4.74 Å². The Morgan fingerprint density at radius 3 is 3.00 bits per heavy atom. The summed E-state index contributed by atoms with van der Waals surface area (Å²) in [4.78, 5) is 8.51. The highest BCUT2D eigenvalue weighted by molar-refractivity contribution is 6.34. The second-order valence-corrected chi connectivity index (χ2v) is 3.92. The Hall–Kier alpha value is -1.35. The molecule has 0 fully saturated rings. The van der Waals surface area contributed by atoms with Crippen molar-refractivity contribution < 1.29 is 4.74 Å². The molecule has 16 heavy (non-hydrogen) atoms. The summed E-state index contributed by atoms with van der Waals surface area (Å²) in [5.74, 6) is 0.607. The third-order valence-electron chi connectivity index (χ3n) is 2.26. The molecule has 0 saturated carbocycles. The molecule has 2 aromatic rings. The highest BCUT2D eigenvalue weighted by atomic mass is 35.5. The van der Waals surface area contributed by atoms with E-state index in [2.05, 4.69) is 16.9 Å². The van der Waals surface area contributed by atoms with E-state index in [0.29, 0.717) is 23.0 Å². The first-order valence-corrected chi connectivity index (χ1v) is 5.73. The molecule has 2 heterocycles. The average molecular weight is 237 g/mol. The van der Waals surface area contributed by atoms with E-state index in [1.54, 1.807) is 12.3 Å². The van der Waals surface area contributed by atoms with E-state index in [4.69, 9.17) is 16.3 Å². The summed E-state index contributed by atoms with van der Waals surface area (Å²) in [5, 5.41) is 0.603. The maximum Gasteiger partial charge on any atom is 0.213 e. The number of nitrogens with zero attached hydrogens (tertiary/aromatic N) is 2. The predicted molar refractivity (Wildman–Crippen MR) is 65.0 cm³/mol. The third kappa shape index (κ3) is 2.42. The van der Waals surface area contributed by atoms with Crippen molar-refractivity contribution in [3.63, 3.8) is 0 Å². The second-order valence-electron chi connectivity index (χ2n) is 3.51. The SMILES string of the molecule is CCCCOc1ccc2nccc(Cl)c2n1. The highest BCUT2D eigenvalue weighted by Gasteiger charge is 2.03. The van der Waals surface area contributed by atoms with E-state index >= 15 is 0 Å². The van der Waals surface area contributed by atoms with Gasteiger partial charge in [-0.1, -0.05) is 24.9 Å². The van der Waals surface area contributed by atoms with Crippen molar-refractivity contribution in [2.24, 2.45) is 0 Å². The Labute approximate surface area is 99.4 Å². The maximum absolute atomic E-state index is 6.03. The standard InChI is InChI=1S/C12H13ClN2O/c1-2-3-8-16-11-5-4-10-12(15-11)9(13)6-7-14-10/h4-7H,2-3,8H2,1H3. The van der Waals surface area contributed by atoms with Crippen molar-refractivity contribution in [2.45, 2.75) is 19.8 Å². The lowest BCUT2D eigenvalue weighted by atomic mass is 10.3. The van der Waals surface area contributed by atoms with Crippen molar-refractivity contribution in [2.75, 3.05) is 6.61 Å². The van der Waals surface area contributed by atoms with Crippen LogP contribution in [0.25, 0.3) is 11.0 Å². The number of unbranched alkanes of at least 4 members (excludes halogenated alkanes) is 1. The molecule has 0 aliphatic rings. The van der Waals surface area contributed by atoms with Crippen LogP contribution in [-0.4, -0.2) is 16.6 Å². The first-order valence-electron chi connectivity index (χ1n) is 5.35. The molecule has 4 heteroatoms. The van der Waals surface area contributed by atoms with Gasteiger partial charge >= 0.3 is 0 Å². The fourth-order valence-electron chi connectivity index (χ4n) is 1.38. The van der Waals surface area contributed by atoms with Gasteiger partial charge in [0.05, 0.1) is 17.1 Å². The number of hydrogen-bond acceptors (Lipinski definition) is 3. The van der Waals surface area contributed by atoms with Crippen molar-refractivity contribution in [3.05, 3.63) is 29.4 Å². The van der Waals surface area contributed by atoms with E-state index in [9.17, 15) is 0 Å². The lowest BCUT2D eigenvalue weighted by Crippen LogP contribution is -1.98. The summed E-state index contributed by atoms with van der Waals surface area (Å²) in [5.41, 5.74) is 1.48. The predicted octanol–water partition coefficient (Wildman–Crippen LogP) is 3.46. The molecule has 0 spiro atoms. The van der Waals surface area contributed by atoms with E-state index in [0.717, 1.165) is 18.4 Å². The van der Waals surface area contributed by atoms with Crippen LogP contribution < -0.4 is 4.74 Å². The fraction of sp³-hybridized carbons (Fsp3) is 0.333. The van der Waals surface area contributed by atoms with Crippen LogP contribution in [0, 0.1) is 0 Å². The van der Waals surface area contributed by atoms with E-state index < -0.39 is 0 Å². The molecule has 2 rings (SSSR count). The van der Waals surface area contributed by atoms with E-state index in [1.165, 1.54) is 0 Å². The molecule has 0 aliphatic carbocycles. The zero-order chi connectivity index (χ0) is 11.4. The topological polar surface area (TPSA) is 35.0 Å². The van der Waals surface area contributed by atoms with Gasteiger partial charge in [-0.25, -0.2) is 4.98 Å². The van der Waals surface area contributed by atoms with Crippen LogP contribution in [0.15, 0.2) is 24.4 Å². The van der Waals surface area contributed by atoms with Crippen molar-refractivity contribution >= 4 is 22.6 Å². The molecule has 0 atom stereocenters. The Morgan fingerprint density at radius 2 is 2.19 bits per heavy atom. The molecular weight excluding hydrogens is 224 g/mol. The molecule has 0 bridgehead atoms. The maximum atomic E-state index is 6.03. The summed E-state index contributed by atoms with van der Waals surface area (Å²) < 4.78 is 5.51. The van der Waals surface area contributed by atoms with Crippen LogP contribution in [0.4, 0.5) is 0 Å². The van der Waals surface area contributed by atoms with Crippen LogP contribution in [0.3, 0.4) is 0 Å². The van der Waals surface area contributed by atoms with Gasteiger partial charge in [-0.05, 0) is 18.6 Å². The normalized spacial score (nSPS) is 10.6. The lowest BCUT2D eigenvalue weighted by molar-refractivity contribution is 0.299. The monoisotopic (exact) mass is 236 g/mol. The number of aromatic nitrogens is 2. The Balaban J connectivity index is 2.25.